The zero-order valence-electron chi connectivity index (χ0n) is 13.0. The third-order valence-corrected chi connectivity index (χ3v) is 3.80. The van der Waals surface area contributed by atoms with Crippen LogP contribution in [0.1, 0.15) is 24.2 Å². The molecule has 0 aliphatic carbocycles. The van der Waals surface area contributed by atoms with E-state index in [9.17, 15) is 5.11 Å². The second kappa shape index (κ2) is 6.74. The fourth-order valence-electron chi connectivity index (χ4n) is 2.31. The Balaban J connectivity index is 2.01. The molecule has 5 nitrogen and oxygen atoms in total. The van der Waals surface area contributed by atoms with Crippen LogP contribution in [-0.4, -0.2) is 40.0 Å². The average Bonchev–Trinajstić information content (AvgIpc) is 2.90. The molecule has 0 aliphatic heterocycles. The van der Waals surface area contributed by atoms with Gasteiger partial charge in [0.25, 0.3) is 0 Å². The van der Waals surface area contributed by atoms with E-state index in [1.807, 2.05) is 57.7 Å². The minimum Gasteiger partial charge on any atom is -0.497 e. The fraction of sp³-hybridized carbons (Fsp3) is 0.438. The first-order chi connectivity index (χ1) is 10.0. The predicted molar refractivity (Wildman–Crippen MR) is 82.1 cm³/mol. The van der Waals surface area contributed by atoms with E-state index in [1.54, 1.807) is 11.8 Å². The molecule has 0 saturated carbocycles. The molecular formula is C16H23N3O2. The molecule has 5 heteroatoms. The Hall–Kier alpha value is -1.85. The van der Waals surface area contributed by atoms with E-state index in [0.29, 0.717) is 0 Å². The summed E-state index contributed by atoms with van der Waals surface area (Å²) >= 11 is 0. The summed E-state index contributed by atoms with van der Waals surface area (Å²) in [6, 6.07) is 7.54. The normalized spacial score (nSPS) is 14.2. The van der Waals surface area contributed by atoms with Gasteiger partial charge in [-0.25, -0.2) is 0 Å². The molecule has 0 bridgehead atoms. The molecule has 2 aromatic rings. The zero-order valence-corrected chi connectivity index (χ0v) is 13.0. The number of ether oxygens (including phenoxy) is 1. The maximum absolute atomic E-state index is 10.5. The summed E-state index contributed by atoms with van der Waals surface area (Å²) in [7, 11) is 5.54. The highest BCUT2D eigenvalue weighted by atomic mass is 16.5. The Morgan fingerprint density at radius 2 is 2.00 bits per heavy atom. The summed E-state index contributed by atoms with van der Waals surface area (Å²) in [6.07, 6.45) is 3.30. The van der Waals surface area contributed by atoms with Gasteiger partial charge in [0, 0.05) is 31.4 Å². The van der Waals surface area contributed by atoms with E-state index in [1.165, 1.54) is 0 Å². The van der Waals surface area contributed by atoms with E-state index in [2.05, 4.69) is 10.00 Å². The molecule has 1 aromatic carbocycles. The highest BCUT2D eigenvalue weighted by Crippen LogP contribution is 2.23. The number of likely N-dealkylation sites (N-methyl/N-ethyl adjacent to an activating group) is 1. The maximum atomic E-state index is 10.5. The highest BCUT2D eigenvalue weighted by Gasteiger charge is 2.21. The summed E-state index contributed by atoms with van der Waals surface area (Å²) in [5, 5.41) is 14.7. The first-order valence-corrected chi connectivity index (χ1v) is 7.01. The van der Waals surface area contributed by atoms with Gasteiger partial charge in [0.15, 0.2) is 0 Å². The number of aliphatic hydroxyl groups is 1. The Bertz CT molecular complexity index is 565. The van der Waals surface area contributed by atoms with Crippen molar-refractivity contribution in [3.8, 4) is 5.75 Å². The van der Waals surface area contributed by atoms with Crippen LogP contribution in [0.2, 0.25) is 0 Å². The summed E-state index contributed by atoms with van der Waals surface area (Å²) in [5.41, 5.74) is 2.02. The number of methoxy groups -OCH3 is 1. The molecule has 21 heavy (non-hydrogen) atoms. The van der Waals surface area contributed by atoms with Crippen molar-refractivity contribution in [1.29, 1.82) is 0 Å². The third kappa shape index (κ3) is 3.83. The fourth-order valence-corrected chi connectivity index (χ4v) is 2.31. The molecule has 2 rings (SSSR count). The van der Waals surface area contributed by atoms with Crippen molar-refractivity contribution in [1.82, 2.24) is 14.7 Å². The van der Waals surface area contributed by atoms with Crippen molar-refractivity contribution in [3.63, 3.8) is 0 Å². The topological polar surface area (TPSA) is 50.5 Å². The molecular weight excluding hydrogens is 266 g/mol. The number of rotatable bonds is 6. The van der Waals surface area contributed by atoms with Crippen LogP contribution in [0.5, 0.6) is 5.75 Å². The number of aryl methyl sites for hydroxylation is 1. The van der Waals surface area contributed by atoms with E-state index in [0.717, 1.165) is 23.4 Å². The Kier molecular flexibility index (Phi) is 4.98. The summed E-state index contributed by atoms with van der Waals surface area (Å²) < 4.78 is 6.92. The SMILES string of the molecule is COc1ccc(C(O)C(C)N(C)Cc2cnn(C)c2)cc1. The minimum absolute atomic E-state index is 0.00130. The highest BCUT2D eigenvalue weighted by molar-refractivity contribution is 5.29. The molecule has 0 radical (unpaired) electrons. The first kappa shape index (κ1) is 15.5. The second-order valence-corrected chi connectivity index (χ2v) is 5.40. The predicted octanol–water partition coefficient (Wildman–Crippen LogP) is 1.98. The first-order valence-electron chi connectivity index (χ1n) is 7.01. The van der Waals surface area contributed by atoms with Crippen LogP contribution in [0.3, 0.4) is 0 Å². The molecule has 0 amide bonds. The maximum Gasteiger partial charge on any atom is 0.118 e. The van der Waals surface area contributed by atoms with Gasteiger partial charge in [-0.05, 0) is 31.7 Å². The van der Waals surface area contributed by atoms with Gasteiger partial charge in [0.05, 0.1) is 19.4 Å². The largest absolute Gasteiger partial charge is 0.497 e. The molecule has 0 spiro atoms. The van der Waals surface area contributed by atoms with Crippen molar-refractivity contribution in [2.24, 2.45) is 7.05 Å². The van der Waals surface area contributed by atoms with Crippen LogP contribution in [0.25, 0.3) is 0 Å². The average molecular weight is 289 g/mol. The molecule has 1 N–H and O–H groups in total. The lowest BCUT2D eigenvalue weighted by molar-refractivity contribution is 0.0688. The van der Waals surface area contributed by atoms with E-state index in [-0.39, 0.29) is 6.04 Å². The van der Waals surface area contributed by atoms with Crippen molar-refractivity contribution in [2.45, 2.75) is 25.6 Å². The summed E-state index contributed by atoms with van der Waals surface area (Å²) in [5.74, 6) is 0.794. The van der Waals surface area contributed by atoms with Crippen LogP contribution in [0.4, 0.5) is 0 Å². The number of aliphatic hydroxyl groups excluding tert-OH is 1. The quantitative estimate of drug-likeness (QED) is 0.883. The van der Waals surface area contributed by atoms with Gasteiger partial charge < -0.3 is 9.84 Å². The van der Waals surface area contributed by atoms with Gasteiger partial charge in [-0.15, -0.1) is 0 Å². The number of benzene rings is 1. The van der Waals surface area contributed by atoms with Gasteiger partial charge in [0.2, 0.25) is 0 Å². The van der Waals surface area contributed by atoms with Gasteiger partial charge in [0.1, 0.15) is 5.75 Å². The van der Waals surface area contributed by atoms with E-state index < -0.39 is 6.10 Å². The standard InChI is InChI=1S/C16H23N3O2/c1-12(18(2)10-13-9-17-19(3)11-13)16(20)14-5-7-15(21-4)8-6-14/h5-9,11-12,16,20H,10H2,1-4H3. The second-order valence-electron chi connectivity index (χ2n) is 5.40. The van der Waals surface area contributed by atoms with E-state index in [4.69, 9.17) is 4.74 Å². The van der Waals surface area contributed by atoms with Crippen molar-refractivity contribution < 1.29 is 9.84 Å². The van der Waals surface area contributed by atoms with Crippen molar-refractivity contribution in [3.05, 3.63) is 47.8 Å². The van der Waals surface area contributed by atoms with Crippen molar-refractivity contribution in [2.75, 3.05) is 14.2 Å². The molecule has 0 fully saturated rings. The number of nitrogens with zero attached hydrogens (tertiary/aromatic N) is 3. The van der Waals surface area contributed by atoms with Gasteiger partial charge in [-0.1, -0.05) is 12.1 Å². The van der Waals surface area contributed by atoms with Gasteiger partial charge in [-0.3, -0.25) is 9.58 Å². The van der Waals surface area contributed by atoms with Gasteiger partial charge in [-0.2, -0.15) is 5.10 Å². The monoisotopic (exact) mass is 289 g/mol. The lowest BCUT2D eigenvalue weighted by atomic mass is 10.0. The molecule has 2 atom stereocenters. The Labute approximate surface area is 125 Å². The van der Waals surface area contributed by atoms with Crippen LogP contribution in [0.15, 0.2) is 36.7 Å². The Morgan fingerprint density at radius 1 is 1.33 bits per heavy atom. The molecule has 114 valence electrons. The minimum atomic E-state index is -0.544. The molecule has 2 unspecified atom stereocenters. The molecule has 0 aliphatic rings. The zero-order chi connectivity index (χ0) is 15.4. The number of hydrogen-bond donors (Lipinski definition) is 1. The van der Waals surface area contributed by atoms with Crippen LogP contribution in [-0.2, 0) is 13.6 Å². The lowest BCUT2D eigenvalue weighted by Crippen LogP contribution is -2.33. The summed E-state index contributed by atoms with van der Waals surface area (Å²) in [4.78, 5) is 2.12. The third-order valence-electron chi connectivity index (χ3n) is 3.80. The molecule has 0 saturated heterocycles. The lowest BCUT2D eigenvalue weighted by Gasteiger charge is -2.28. The van der Waals surface area contributed by atoms with Crippen LogP contribution >= 0.6 is 0 Å². The summed E-state index contributed by atoms with van der Waals surface area (Å²) in [6.45, 7) is 2.77. The van der Waals surface area contributed by atoms with Crippen LogP contribution in [0, 0.1) is 0 Å². The van der Waals surface area contributed by atoms with Crippen molar-refractivity contribution >= 4 is 0 Å². The molecule has 1 aromatic heterocycles. The van der Waals surface area contributed by atoms with Gasteiger partial charge >= 0.3 is 0 Å². The molecule has 1 heterocycles. The smallest absolute Gasteiger partial charge is 0.118 e. The number of aromatic nitrogens is 2. The van der Waals surface area contributed by atoms with E-state index >= 15 is 0 Å². The Morgan fingerprint density at radius 3 is 2.52 bits per heavy atom. The number of hydrogen-bond acceptors (Lipinski definition) is 4. The van der Waals surface area contributed by atoms with Crippen LogP contribution < -0.4 is 4.74 Å².